The standard InChI is InChI=1S/C25H28O5/c1-6-25(5)14-18(13-15(2)9-7-11-17(4)23(27)28)29-24-21(25)22(26)20-16(3)10-8-12-19(20)30-24/h6,8,10-13,18H,1,7,9,14H2,2-5H3,(H,27,28)/t18-,25+/m0/s1. The Morgan fingerprint density at radius 1 is 1.37 bits per heavy atom. The molecule has 2 heterocycles. The number of fused-ring (bicyclic) bond motifs is 2. The van der Waals surface area contributed by atoms with Crippen molar-refractivity contribution in [3.05, 3.63) is 75.5 Å². The fraction of sp³-hybridized carbons (Fsp3) is 0.360. The summed E-state index contributed by atoms with van der Waals surface area (Å²) in [4.78, 5) is 24.2. The third-order valence-electron chi connectivity index (χ3n) is 5.80. The van der Waals surface area contributed by atoms with Crippen LogP contribution in [0.2, 0.25) is 0 Å². The van der Waals surface area contributed by atoms with Gasteiger partial charge in [0.15, 0.2) is 0 Å². The molecule has 0 aliphatic carbocycles. The second-order valence-electron chi connectivity index (χ2n) is 8.27. The molecule has 0 amide bonds. The molecule has 0 bridgehead atoms. The third-order valence-corrected chi connectivity index (χ3v) is 5.80. The average Bonchev–Trinajstić information content (AvgIpc) is 2.67. The van der Waals surface area contributed by atoms with Gasteiger partial charge in [-0.1, -0.05) is 36.8 Å². The minimum atomic E-state index is -0.900. The highest BCUT2D eigenvalue weighted by atomic mass is 16.6. The van der Waals surface area contributed by atoms with Crippen LogP contribution in [0.3, 0.4) is 0 Å². The van der Waals surface area contributed by atoms with Crippen molar-refractivity contribution in [2.45, 2.75) is 58.5 Å². The smallest absolute Gasteiger partial charge is 0.330 e. The Morgan fingerprint density at radius 2 is 2.10 bits per heavy atom. The molecule has 1 aliphatic heterocycles. The summed E-state index contributed by atoms with van der Waals surface area (Å²) in [5, 5.41) is 9.53. The SMILES string of the molecule is C=C[C@]1(C)C[C@H](C=C(C)CCC=C(C)C(=O)O)Oc2oc3cccc(C)c3c(=O)c21. The van der Waals surface area contributed by atoms with Gasteiger partial charge in [-0.15, -0.1) is 6.58 Å². The van der Waals surface area contributed by atoms with E-state index >= 15 is 0 Å². The molecule has 0 spiro atoms. The molecule has 5 heteroatoms. The van der Waals surface area contributed by atoms with E-state index in [4.69, 9.17) is 14.3 Å². The summed E-state index contributed by atoms with van der Waals surface area (Å²) in [7, 11) is 0. The molecule has 30 heavy (non-hydrogen) atoms. The van der Waals surface area contributed by atoms with Crippen molar-refractivity contribution in [3.63, 3.8) is 0 Å². The summed E-state index contributed by atoms with van der Waals surface area (Å²) < 4.78 is 12.1. The molecule has 3 rings (SSSR count). The molecule has 158 valence electrons. The van der Waals surface area contributed by atoms with Gasteiger partial charge in [0, 0.05) is 17.4 Å². The number of carboxylic acids is 1. The van der Waals surface area contributed by atoms with E-state index < -0.39 is 11.4 Å². The Balaban J connectivity index is 1.94. The fourth-order valence-electron chi connectivity index (χ4n) is 3.94. The molecule has 0 unspecified atom stereocenters. The average molecular weight is 408 g/mol. The van der Waals surface area contributed by atoms with Gasteiger partial charge in [0.05, 0.1) is 10.9 Å². The van der Waals surface area contributed by atoms with Crippen LogP contribution in [-0.2, 0) is 10.2 Å². The zero-order valence-corrected chi connectivity index (χ0v) is 18.0. The van der Waals surface area contributed by atoms with Gasteiger partial charge < -0.3 is 14.3 Å². The zero-order chi connectivity index (χ0) is 22.1. The molecule has 2 atom stereocenters. The molecule has 1 aromatic heterocycles. The highest BCUT2D eigenvalue weighted by Gasteiger charge is 2.40. The number of carbonyl (C=O) groups is 1. The molecule has 1 N–H and O–H groups in total. The number of aryl methyl sites for hydroxylation is 1. The minimum absolute atomic E-state index is 0.0693. The number of carboxylic acid groups (broad SMARTS) is 1. The molecule has 2 aromatic rings. The molecule has 5 nitrogen and oxygen atoms in total. The van der Waals surface area contributed by atoms with Crippen LogP contribution < -0.4 is 10.2 Å². The van der Waals surface area contributed by atoms with Crippen LogP contribution in [0.25, 0.3) is 11.0 Å². The van der Waals surface area contributed by atoms with Gasteiger partial charge in [-0.25, -0.2) is 4.79 Å². The Kier molecular flexibility index (Phi) is 6.01. The topological polar surface area (TPSA) is 76.7 Å². The summed E-state index contributed by atoms with van der Waals surface area (Å²) in [6.45, 7) is 11.4. The van der Waals surface area contributed by atoms with Gasteiger partial charge >= 0.3 is 5.97 Å². The Morgan fingerprint density at radius 3 is 2.77 bits per heavy atom. The summed E-state index contributed by atoms with van der Waals surface area (Å²) in [5.74, 6) is -0.648. The normalized spacial score (nSPS) is 21.8. The van der Waals surface area contributed by atoms with E-state index in [1.165, 1.54) is 0 Å². The van der Waals surface area contributed by atoms with Gasteiger partial charge in [0.1, 0.15) is 11.7 Å². The van der Waals surface area contributed by atoms with Crippen LogP contribution in [0.15, 0.2) is 63.4 Å². The number of hydrogen-bond donors (Lipinski definition) is 1. The highest BCUT2D eigenvalue weighted by Crippen LogP contribution is 2.42. The first-order valence-electron chi connectivity index (χ1n) is 10.1. The molecule has 1 aliphatic rings. The highest BCUT2D eigenvalue weighted by molar-refractivity contribution is 5.85. The second kappa shape index (κ2) is 8.34. The number of hydrogen-bond acceptors (Lipinski definition) is 4. The summed E-state index contributed by atoms with van der Waals surface area (Å²) in [6, 6.07) is 5.53. The van der Waals surface area contributed by atoms with E-state index in [1.807, 2.05) is 39.0 Å². The van der Waals surface area contributed by atoms with Crippen LogP contribution in [0.4, 0.5) is 0 Å². The fourth-order valence-corrected chi connectivity index (χ4v) is 3.94. The van der Waals surface area contributed by atoms with Crippen molar-refractivity contribution in [1.82, 2.24) is 0 Å². The van der Waals surface area contributed by atoms with Gasteiger partial charge in [-0.05, 0) is 51.3 Å². The number of aliphatic carboxylic acids is 1. The maximum Gasteiger partial charge on any atom is 0.330 e. The maximum absolute atomic E-state index is 13.3. The van der Waals surface area contributed by atoms with Crippen LogP contribution in [0.5, 0.6) is 5.95 Å². The van der Waals surface area contributed by atoms with Gasteiger partial charge in [-0.2, -0.15) is 0 Å². The van der Waals surface area contributed by atoms with Crippen LogP contribution in [-0.4, -0.2) is 17.2 Å². The van der Waals surface area contributed by atoms with E-state index in [9.17, 15) is 9.59 Å². The van der Waals surface area contributed by atoms with Crippen molar-refractivity contribution in [1.29, 1.82) is 0 Å². The van der Waals surface area contributed by atoms with E-state index in [2.05, 4.69) is 6.58 Å². The Labute approximate surface area is 176 Å². The third kappa shape index (κ3) is 4.11. The largest absolute Gasteiger partial charge is 0.478 e. The monoisotopic (exact) mass is 408 g/mol. The van der Waals surface area contributed by atoms with E-state index in [0.29, 0.717) is 34.9 Å². The van der Waals surface area contributed by atoms with Crippen molar-refractivity contribution in [3.8, 4) is 5.95 Å². The zero-order valence-electron chi connectivity index (χ0n) is 18.0. The minimum Gasteiger partial charge on any atom is -0.478 e. The van der Waals surface area contributed by atoms with E-state index in [-0.39, 0.29) is 17.5 Å². The lowest BCUT2D eigenvalue weighted by Gasteiger charge is -2.35. The lowest BCUT2D eigenvalue weighted by molar-refractivity contribution is -0.132. The van der Waals surface area contributed by atoms with Crippen molar-refractivity contribution in [2.75, 3.05) is 0 Å². The molecule has 0 fully saturated rings. The van der Waals surface area contributed by atoms with Gasteiger partial charge in [0.25, 0.3) is 5.95 Å². The van der Waals surface area contributed by atoms with Crippen LogP contribution in [0.1, 0.15) is 51.2 Å². The molecular weight excluding hydrogens is 380 g/mol. The lowest BCUT2D eigenvalue weighted by atomic mass is 9.76. The number of benzene rings is 1. The molecule has 0 radical (unpaired) electrons. The second-order valence-corrected chi connectivity index (χ2v) is 8.27. The summed E-state index contributed by atoms with van der Waals surface area (Å²) in [6.07, 6.45) is 7.21. The van der Waals surface area contributed by atoms with Crippen molar-refractivity contribution < 1.29 is 19.1 Å². The van der Waals surface area contributed by atoms with E-state index in [0.717, 1.165) is 17.6 Å². The predicted molar refractivity (Wildman–Crippen MR) is 118 cm³/mol. The van der Waals surface area contributed by atoms with Crippen molar-refractivity contribution >= 4 is 16.9 Å². The quantitative estimate of drug-likeness (QED) is 0.508. The Bertz CT molecular complexity index is 1120. The number of rotatable bonds is 6. The number of allylic oxidation sites excluding steroid dienone is 3. The summed E-state index contributed by atoms with van der Waals surface area (Å²) in [5.41, 5.74) is 2.68. The maximum atomic E-state index is 13.3. The number of ether oxygens (including phenoxy) is 1. The lowest BCUT2D eigenvalue weighted by Crippen LogP contribution is -2.38. The predicted octanol–water partition coefficient (Wildman–Crippen LogP) is 5.45. The first-order chi connectivity index (χ1) is 14.2. The summed E-state index contributed by atoms with van der Waals surface area (Å²) >= 11 is 0. The van der Waals surface area contributed by atoms with Crippen LogP contribution in [0, 0.1) is 6.92 Å². The molecular formula is C25H28O5. The van der Waals surface area contributed by atoms with Crippen LogP contribution >= 0.6 is 0 Å². The molecule has 0 saturated heterocycles. The first-order valence-corrected chi connectivity index (χ1v) is 10.1. The van der Waals surface area contributed by atoms with E-state index in [1.54, 1.807) is 25.1 Å². The molecule has 1 aromatic carbocycles. The van der Waals surface area contributed by atoms with Gasteiger partial charge in [-0.3, -0.25) is 4.79 Å². The van der Waals surface area contributed by atoms with Crippen molar-refractivity contribution in [2.24, 2.45) is 0 Å². The van der Waals surface area contributed by atoms with Gasteiger partial charge in [0.2, 0.25) is 5.43 Å². The Hall–Kier alpha value is -3.08. The first kappa shape index (κ1) is 21.6. The molecule has 0 saturated carbocycles.